The van der Waals surface area contributed by atoms with Crippen molar-refractivity contribution in [2.45, 2.75) is 26.7 Å². The predicted octanol–water partition coefficient (Wildman–Crippen LogP) is 3.39. The molecule has 3 nitrogen and oxygen atoms in total. The molecule has 0 atom stereocenters. The molecule has 0 aliphatic carbocycles. The van der Waals surface area contributed by atoms with Crippen LogP contribution >= 0.6 is 0 Å². The third-order valence-electron chi connectivity index (χ3n) is 3.32. The van der Waals surface area contributed by atoms with Gasteiger partial charge in [0.1, 0.15) is 11.9 Å². The molecule has 1 aromatic heterocycles. The minimum Gasteiger partial charge on any atom is -0.330 e. The number of nitrogens with zero attached hydrogens (tertiary/aromatic N) is 3. The number of aromatic nitrogens is 2. The molecule has 0 spiro atoms. The van der Waals surface area contributed by atoms with E-state index in [1.54, 1.807) is 0 Å². The van der Waals surface area contributed by atoms with Crippen LogP contribution in [0.15, 0.2) is 24.3 Å². The van der Waals surface area contributed by atoms with Crippen LogP contribution in [0.25, 0.3) is 11.4 Å². The molecule has 18 heavy (non-hydrogen) atoms. The van der Waals surface area contributed by atoms with Crippen molar-refractivity contribution in [3.8, 4) is 17.5 Å². The van der Waals surface area contributed by atoms with Gasteiger partial charge >= 0.3 is 0 Å². The Kier molecular flexibility index (Phi) is 3.20. The summed E-state index contributed by atoms with van der Waals surface area (Å²) in [5.74, 6) is 1.37. The molecule has 3 heteroatoms. The first kappa shape index (κ1) is 12.4. The highest BCUT2D eigenvalue weighted by Crippen LogP contribution is 2.23. The number of nitriles is 1. The lowest BCUT2D eigenvalue weighted by Crippen LogP contribution is -1.95. The standard InChI is InChI=1S/C15H17N3/c1-10(2)12-5-7-13(8-6-12)15-17-14(9-16)11(3)18(15)4/h5-8,10H,1-4H3. The van der Waals surface area contributed by atoms with Gasteiger partial charge in [-0.05, 0) is 18.4 Å². The minimum absolute atomic E-state index is 0.500. The van der Waals surface area contributed by atoms with E-state index in [4.69, 9.17) is 5.26 Å². The zero-order chi connectivity index (χ0) is 13.3. The summed E-state index contributed by atoms with van der Waals surface area (Å²) >= 11 is 0. The van der Waals surface area contributed by atoms with E-state index in [1.165, 1.54) is 5.56 Å². The average molecular weight is 239 g/mol. The lowest BCUT2D eigenvalue weighted by molar-refractivity contribution is 0.864. The summed E-state index contributed by atoms with van der Waals surface area (Å²) in [5.41, 5.74) is 3.76. The predicted molar refractivity (Wildman–Crippen MR) is 72.2 cm³/mol. The lowest BCUT2D eigenvalue weighted by atomic mass is 10.0. The van der Waals surface area contributed by atoms with Crippen LogP contribution in [0.1, 0.15) is 36.7 Å². The molecule has 0 amide bonds. The van der Waals surface area contributed by atoms with Crippen molar-refractivity contribution >= 4 is 0 Å². The maximum atomic E-state index is 8.99. The van der Waals surface area contributed by atoms with Gasteiger partial charge in [-0.3, -0.25) is 0 Å². The zero-order valence-electron chi connectivity index (χ0n) is 11.2. The van der Waals surface area contributed by atoms with Crippen LogP contribution in [-0.4, -0.2) is 9.55 Å². The first-order chi connectivity index (χ1) is 8.54. The Labute approximate surface area is 108 Å². The molecule has 1 aromatic carbocycles. The fraction of sp³-hybridized carbons (Fsp3) is 0.333. The summed E-state index contributed by atoms with van der Waals surface area (Å²) in [6, 6.07) is 10.5. The molecule has 0 unspecified atom stereocenters. The molecule has 0 radical (unpaired) electrons. The second-order valence-electron chi connectivity index (χ2n) is 4.82. The molecule has 2 rings (SSSR count). The molecule has 1 heterocycles. The van der Waals surface area contributed by atoms with E-state index in [1.807, 2.05) is 18.5 Å². The van der Waals surface area contributed by atoms with Crippen molar-refractivity contribution in [1.29, 1.82) is 5.26 Å². The topological polar surface area (TPSA) is 41.6 Å². The second kappa shape index (κ2) is 4.66. The molecule has 0 aliphatic heterocycles. The summed E-state index contributed by atoms with van der Waals surface area (Å²) < 4.78 is 1.96. The Hall–Kier alpha value is -2.08. The van der Waals surface area contributed by atoms with Gasteiger partial charge in [0.15, 0.2) is 5.69 Å². The van der Waals surface area contributed by atoms with E-state index in [9.17, 15) is 0 Å². The summed E-state index contributed by atoms with van der Waals surface area (Å²) in [6.45, 7) is 6.26. The third kappa shape index (κ3) is 2.02. The molecule has 2 aromatic rings. The second-order valence-corrected chi connectivity index (χ2v) is 4.82. The van der Waals surface area contributed by atoms with E-state index in [2.05, 4.69) is 49.2 Å². The smallest absolute Gasteiger partial charge is 0.162 e. The first-order valence-electron chi connectivity index (χ1n) is 6.08. The van der Waals surface area contributed by atoms with E-state index < -0.39 is 0 Å². The normalized spacial score (nSPS) is 10.7. The Morgan fingerprint density at radius 2 is 1.83 bits per heavy atom. The number of rotatable bonds is 2. The van der Waals surface area contributed by atoms with Gasteiger partial charge in [0, 0.05) is 12.6 Å². The van der Waals surface area contributed by atoms with Crippen molar-refractivity contribution in [2.24, 2.45) is 7.05 Å². The molecule has 0 N–H and O–H groups in total. The van der Waals surface area contributed by atoms with Crippen LogP contribution in [0.2, 0.25) is 0 Å². The Morgan fingerprint density at radius 3 is 2.28 bits per heavy atom. The first-order valence-corrected chi connectivity index (χ1v) is 6.08. The van der Waals surface area contributed by atoms with Gasteiger partial charge in [0.2, 0.25) is 0 Å². The summed E-state index contributed by atoms with van der Waals surface area (Å²) in [6.07, 6.45) is 0. The van der Waals surface area contributed by atoms with Crippen molar-refractivity contribution in [1.82, 2.24) is 9.55 Å². The third-order valence-corrected chi connectivity index (χ3v) is 3.32. The van der Waals surface area contributed by atoms with Gasteiger partial charge in [-0.25, -0.2) is 4.98 Å². The van der Waals surface area contributed by atoms with Crippen LogP contribution in [0, 0.1) is 18.3 Å². The maximum Gasteiger partial charge on any atom is 0.162 e. The summed E-state index contributed by atoms with van der Waals surface area (Å²) in [5, 5.41) is 8.99. The van der Waals surface area contributed by atoms with Crippen LogP contribution in [-0.2, 0) is 7.05 Å². The van der Waals surface area contributed by atoms with E-state index >= 15 is 0 Å². The number of hydrogen-bond donors (Lipinski definition) is 0. The molecule has 0 saturated carbocycles. The molecule has 92 valence electrons. The molecular formula is C15H17N3. The SMILES string of the molecule is Cc1c(C#N)nc(-c2ccc(C(C)C)cc2)n1C. The van der Waals surface area contributed by atoms with Crippen molar-refractivity contribution in [2.75, 3.05) is 0 Å². The number of imidazole rings is 1. The summed E-state index contributed by atoms with van der Waals surface area (Å²) in [4.78, 5) is 4.37. The number of benzene rings is 1. The minimum atomic E-state index is 0.500. The lowest BCUT2D eigenvalue weighted by Gasteiger charge is -2.07. The Bertz CT molecular complexity index is 598. The van der Waals surface area contributed by atoms with Crippen LogP contribution < -0.4 is 0 Å². The molecular weight excluding hydrogens is 222 g/mol. The maximum absolute atomic E-state index is 8.99. The largest absolute Gasteiger partial charge is 0.330 e. The van der Waals surface area contributed by atoms with Crippen molar-refractivity contribution < 1.29 is 0 Å². The highest BCUT2D eigenvalue weighted by molar-refractivity contribution is 5.58. The van der Waals surface area contributed by atoms with E-state index in [-0.39, 0.29) is 0 Å². The molecule has 0 aliphatic rings. The van der Waals surface area contributed by atoms with Crippen LogP contribution in [0.4, 0.5) is 0 Å². The summed E-state index contributed by atoms with van der Waals surface area (Å²) in [7, 11) is 1.94. The zero-order valence-corrected chi connectivity index (χ0v) is 11.2. The molecule has 0 fully saturated rings. The van der Waals surface area contributed by atoms with Crippen molar-refractivity contribution in [3.05, 3.63) is 41.2 Å². The van der Waals surface area contributed by atoms with Crippen molar-refractivity contribution in [3.63, 3.8) is 0 Å². The van der Waals surface area contributed by atoms with E-state index in [0.29, 0.717) is 11.6 Å². The van der Waals surface area contributed by atoms with Gasteiger partial charge in [0.05, 0.1) is 5.69 Å². The van der Waals surface area contributed by atoms with E-state index in [0.717, 1.165) is 17.1 Å². The van der Waals surface area contributed by atoms with Crippen LogP contribution in [0.3, 0.4) is 0 Å². The Morgan fingerprint density at radius 1 is 1.22 bits per heavy atom. The monoisotopic (exact) mass is 239 g/mol. The highest BCUT2D eigenvalue weighted by atomic mass is 15.1. The average Bonchev–Trinajstić information content (AvgIpc) is 2.66. The quantitative estimate of drug-likeness (QED) is 0.806. The molecule has 0 saturated heterocycles. The van der Waals surface area contributed by atoms with Crippen LogP contribution in [0.5, 0.6) is 0 Å². The van der Waals surface area contributed by atoms with Gasteiger partial charge < -0.3 is 4.57 Å². The molecule has 0 bridgehead atoms. The highest BCUT2D eigenvalue weighted by Gasteiger charge is 2.12. The van der Waals surface area contributed by atoms with Gasteiger partial charge in [0.25, 0.3) is 0 Å². The fourth-order valence-corrected chi connectivity index (χ4v) is 1.96. The fourth-order valence-electron chi connectivity index (χ4n) is 1.96. The van der Waals surface area contributed by atoms with Gasteiger partial charge in [-0.1, -0.05) is 38.1 Å². The van der Waals surface area contributed by atoms with Gasteiger partial charge in [-0.2, -0.15) is 5.26 Å². The number of hydrogen-bond acceptors (Lipinski definition) is 2. The van der Waals surface area contributed by atoms with Gasteiger partial charge in [-0.15, -0.1) is 0 Å². The Balaban J connectivity index is 2.47.